The van der Waals surface area contributed by atoms with E-state index in [2.05, 4.69) is 6.92 Å². The summed E-state index contributed by atoms with van der Waals surface area (Å²) in [7, 11) is 0. The first-order chi connectivity index (χ1) is 10.3. The normalized spacial score (nSPS) is 10.3. The Kier molecular flexibility index (Phi) is 6.01. The van der Waals surface area contributed by atoms with Gasteiger partial charge in [0.1, 0.15) is 12.4 Å². The first-order valence-electron chi connectivity index (χ1n) is 7.59. The molecule has 0 N–H and O–H groups in total. The molecule has 0 aliphatic heterocycles. The van der Waals surface area contributed by atoms with Crippen molar-refractivity contribution in [3.63, 3.8) is 0 Å². The molecule has 0 heterocycles. The molecule has 0 saturated carbocycles. The van der Waals surface area contributed by atoms with E-state index < -0.39 is 0 Å². The van der Waals surface area contributed by atoms with E-state index in [0.717, 1.165) is 30.3 Å². The summed E-state index contributed by atoms with van der Waals surface area (Å²) in [4.78, 5) is 11.4. The first-order valence-corrected chi connectivity index (χ1v) is 7.59. The lowest BCUT2D eigenvalue weighted by molar-refractivity contribution is 0.111. The van der Waals surface area contributed by atoms with Crippen LogP contribution in [0.5, 0.6) is 5.75 Å². The Bertz CT molecular complexity index is 561. The molecule has 2 aromatic carbocycles. The van der Waals surface area contributed by atoms with Gasteiger partial charge in [0.2, 0.25) is 0 Å². The number of hydrogen-bond donors (Lipinski definition) is 0. The summed E-state index contributed by atoms with van der Waals surface area (Å²) < 4.78 is 5.83. The number of aryl methyl sites for hydroxylation is 1. The molecule has 110 valence electrons. The Hall–Kier alpha value is -2.09. The summed E-state index contributed by atoms with van der Waals surface area (Å²) in [5.41, 5.74) is 2.89. The quantitative estimate of drug-likeness (QED) is 0.513. The topological polar surface area (TPSA) is 26.3 Å². The second kappa shape index (κ2) is 8.25. The summed E-state index contributed by atoms with van der Waals surface area (Å²) in [6.45, 7) is 2.67. The van der Waals surface area contributed by atoms with Crippen molar-refractivity contribution in [2.24, 2.45) is 0 Å². The van der Waals surface area contributed by atoms with Gasteiger partial charge >= 0.3 is 0 Å². The largest absolute Gasteiger partial charge is 0.488 e. The van der Waals surface area contributed by atoms with Crippen molar-refractivity contribution in [2.45, 2.75) is 39.2 Å². The summed E-state index contributed by atoms with van der Waals surface area (Å²) in [6.07, 6.45) is 5.33. The molecule has 0 atom stereocenters. The fourth-order valence-corrected chi connectivity index (χ4v) is 2.37. The third-order valence-electron chi connectivity index (χ3n) is 3.56. The molecule has 0 amide bonds. The third kappa shape index (κ3) is 4.45. The highest BCUT2D eigenvalue weighted by atomic mass is 16.5. The lowest BCUT2D eigenvalue weighted by Gasteiger charge is -2.12. The zero-order valence-electron chi connectivity index (χ0n) is 12.5. The number of rotatable bonds is 8. The zero-order valence-corrected chi connectivity index (χ0v) is 12.5. The molecule has 0 radical (unpaired) electrons. The number of unbranched alkanes of at least 4 members (excludes halogenated alkanes) is 2. The molecular weight excluding hydrogens is 260 g/mol. The molecule has 2 nitrogen and oxygen atoms in total. The van der Waals surface area contributed by atoms with Crippen LogP contribution in [-0.2, 0) is 13.0 Å². The van der Waals surface area contributed by atoms with E-state index in [1.54, 1.807) is 0 Å². The smallest absolute Gasteiger partial charge is 0.154 e. The van der Waals surface area contributed by atoms with Crippen LogP contribution in [0, 0.1) is 0 Å². The Morgan fingerprint density at radius 2 is 1.81 bits per heavy atom. The van der Waals surface area contributed by atoms with Crippen molar-refractivity contribution in [1.82, 2.24) is 0 Å². The van der Waals surface area contributed by atoms with Gasteiger partial charge < -0.3 is 4.74 Å². The SMILES string of the molecule is CCCCCc1cccc(OCc2ccccc2)c1C=O. The number of benzene rings is 2. The zero-order chi connectivity index (χ0) is 14.9. The molecule has 2 heteroatoms. The molecule has 0 fully saturated rings. The van der Waals surface area contributed by atoms with Crippen LogP contribution >= 0.6 is 0 Å². The standard InChI is InChI=1S/C19H22O2/c1-2-3-5-11-17-12-8-13-19(18(17)14-20)21-15-16-9-6-4-7-10-16/h4,6-10,12-14H,2-3,5,11,15H2,1H3. The van der Waals surface area contributed by atoms with Crippen molar-refractivity contribution in [1.29, 1.82) is 0 Å². The number of carbonyl (C=O) groups is 1. The highest BCUT2D eigenvalue weighted by Crippen LogP contribution is 2.23. The van der Waals surface area contributed by atoms with Gasteiger partial charge in [-0.05, 0) is 30.0 Å². The van der Waals surface area contributed by atoms with E-state index in [9.17, 15) is 4.79 Å². The van der Waals surface area contributed by atoms with Crippen LogP contribution in [0.25, 0.3) is 0 Å². The van der Waals surface area contributed by atoms with Crippen LogP contribution in [0.2, 0.25) is 0 Å². The van der Waals surface area contributed by atoms with Crippen LogP contribution < -0.4 is 4.74 Å². The molecule has 21 heavy (non-hydrogen) atoms. The Labute approximate surface area is 126 Å². The van der Waals surface area contributed by atoms with Crippen molar-refractivity contribution in [3.8, 4) is 5.75 Å². The molecule has 0 aliphatic rings. The molecule has 0 bridgehead atoms. The maximum Gasteiger partial charge on any atom is 0.154 e. The van der Waals surface area contributed by atoms with Crippen molar-refractivity contribution in [2.75, 3.05) is 0 Å². The third-order valence-corrected chi connectivity index (χ3v) is 3.56. The van der Waals surface area contributed by atoms with Gasteiger partial charge in [0.15, 0.2) is 6.29 Å². The van der Waals surface area contributed by atoms with Crippen LogP contribution in [-0.4, -0.2) is 6.29 Å². The van der Waals surface area contributed by atoms with Gasteiger partial charge in [0.25, 0.3) is 0 Å². The highest BCUT2D eigenvalue weighted by Gasteiger charge is 2.08. The van der Waals surface area contributed by atoms with Crippen molar-refractivity contribution in [3.05, 3.63) is 65.2 Å². The summed E-state index contributed by atoms with van der Waals surface area (Å²) >= 11 is 0. The average molecular weight is 282 g/mol. The number of ether oxygens (including phenoxy) is 1. The Morgan fingerprint density at radius 3 is 2.52 bits per heavy atom. The Balaban J connectivity index is 2.08. The molecule has 0 aliphatic carbocycles. The van der Waals surface area contributed by atoms with Gasteiger partial charge in [-0.1, -0.05) is 62.2 Å². The highest BCUT2D eigenvalue weighted by molar-refractivity contribution is 5.81. The van der Waals surface area contributed by atoms with Gasteiger partial charge in [-0.3, -0.25) is 4.79 Å². The predicted molar refractivity (Wildman–Crippen MR) is 85.8 cm³/mol. The fraction of sp³-hybridized carbons (Fsp3) is 0.316. The van der Waals surface area contributed by atoms with Gasteiger partial charge in [-0.2, -0.15) is 0 Å². The van der Waals surface area contributed by atoms with Gasteiger partial charge in [0.05, 0.1) is 5.56 Å². The van der Waals surface area contributed by atoms with E-state index in [0.29, 0.717) is 17.9 Å². The van der Waals surface area contributed by atoms with Gasteiger partial charge in [-0.15, -0.1) is 0 Å². The van der Waals surface area contributed by atoms with Crippen LogP contribution in [0.4, 0.5) is 0 Å². The lowest BCUT2D eigenvalue weighted by atomic mass is 10.0. The first kappa shape index (κ1) is 15.3. The number of aldehydes is 1. The Morgan fingerprint density at radius 1 is 1.00 bits per heavy atom. The molecule has 0 spiro atoms. The second-order valence-corrected chi connectivity index (χ2v) is 5.18. The van der Waals surface area contributed by atoms with E-state index in [1.165, 1.54) is 12.8 Å². The van der Waals surface area contributed by atoms with Gasteiger partial charge in [0, 0.05) is 0 Å². The van der Waals surface area contributed by atoms with Crippen LogP contribution in [0.1, 0.15) is 47.7 Å². The van der Waals surface area contributed by atoms with Crippen molar-refractivity contribution >= 4 is 6.29 Å². The maximum atomic E-state index is 11.4. The monoisotopic (exact) mass is 282 g/mol. The summed E-state index contributed by atoms with van der Waals surface area (Å²) in [6, 6.07) is 15.9. The van der Waals surface area contributed by atoms with Crippen molar-refractivity contribution < 1.29 is 9.53 Å². The molecule has 0 aromatic heterocycles. The van der Waals surface area contributed by atoms with Crippen LogP contribution in [0.15, 0.2) is 48.5 Å². The van der Waals surface area contributed by atoms with E-state index in [-0.39, 0.29) is 0 Å². The predicted octanol–water partition coefficient (Wildman–Crippen LogP) is 4.81. The minimum Gasteiger partial charge on any atom is -0.488 e. The number of hydrogen-bond acceptors (Lipinski definition) is 2. The lowest BCUT2D eigenvalue weighted by Crippen LogP contribution is -2.01. The second-order valence-electron chi connectivity index (χ2n) is 5.18. The molecular formula is C19H22O2. The average Bonchev–Trinajstić information content (AvgIpc) is 2.54. The minimum absolute atomic E-state index is 0.486. The van der Waals surface area contributed by atoms with E-state index in [4.69, 9.17) is 4.74 Å². The maximum absolute atomic E-state index is 11.4. The molecule has 2 aromatic rings. The van der Waals surface area contributed by atoms with E-state index in [1.807, 2.05) is 48.5 Å². The number of carbonyl (C=O) groups excluding carboxylic acids is 1. The summed E-state index contributed by atoms with van der Waals surface area (Å²) in [5.74, 6) is 0.683. The minimum atomic E-state index is 0.486. The molecule has 2 rings (SSSR count). The molecule has 0 saturated heterocycles. The fourth-order valence-electron chi connectivity index (χ4n) is 2.37. The molecule has 0 unspecified atom stereocenters. The van der Waals surface area contributed by atoms with Crippen LogP contribution in [0.3, 0.4) is 0 Å². The summed E-state index contributed by atoms with van der Waals surface area (Å²) in [5, 5.41) is 0. The van der Waals surface area contributed by atoms with Gasteiger partial charge in [-0.25, -0.2) is 0 Å². The van der Waals surface area contributed by atoms with E-state index >= 15 is 0 Å².